The summed E-state index contributed by atoms with van der Waals surface area (Å²) in [6, 6.07) is 1.56. The average molecular weight is 519 g/mol. The zero-order valence-corrected chi connectivity index (χ0v) is 20.4. The van der Waals surface area contributed by atoms with Crippen LogP contribution >= 0.6 is 0 Å². The Bertz CT molecular complexity index is 1530. The van der Waals surface area contributed by atoms with Crippen LogP contribution in [0.4, 0.5) is 8.78 Å². The summed E-state index contributed by atoms with van der Waals surface area (Å²) in [6.45, 7) is 4.02. The molecule has 14 heteroatoms. The second-order valence-corrected chi connectivity index (χ2v) is 10.9. The molecule has 1 atom stereocenters. The number of rotatable bonds is 6. The van der Waals surface area contributed by atoms with E-state index in [4.69, 9.17) is 14.4 Å². The number of nitrogens with two attached hydrogens (primary N) is 1. The van der Waals surface area contributed by atoms with Crippen molar-refractivity contribution >= 4 is 26.7 Å². The van der Waals surface area contributed by atoms with Crippen LogP contribution in [0.1, 0.15) is 63.1 Å². The Labute approximate surface area is 205 Å². The monoisotopic (exact) mass is 518 g/mol. The van der Waals surface area contributed by atoms with Crippen molar-refractivity contribution in [3.8, 4) is 11.6 Å². The van der Waals surface area contributed by atoms with E-state index in [0.717, 1.165) is 42.5 Å². The van der Waals surface area contributed by atoms with E-state index in [1.54, 1.807) is 0 Å². The third-order valence-corrected chi connectivity index (χ3v) is 7.14. The number of hydrogen-bond acceptors (Lipinski definition) is 9. The van der Waals surface area contributed by atoms with Gasteiger partial charge in [0.25, 0.3) is 0 Å². The lowest BCUT2D eigenvalue weighted by Crippen LogP contribution is -2.24. The maximum atomic E-state index is 14.8. The van der Waals surface area contributed by atoms with Crippen molar-refractivity contribution in [3.63, 3.8) is 0 Å². The van der Waals surface area contributed by atoms with Crippen molar-refractivity contribution in [2.24, 2.45) is 5.14 Å². The van der Waals surface area contributed by atoms with Gasteiger partial charge in [0.1, 0.15) is 29.8 Å². The second-order valence-electron chi connectivity index (χ2n) is 9.05. The van der Waals surface area contributed by atoms with Crippen LogP contribution in [0.25, 0.3) is 16.9 Å². The lowest BCUT2D eigenvalue weighted by Gasteiger charge is -2.26. The van der Waals surface area contributed by atoms with Gasteiger partial charge in [0.2, 0.25) is 11.8 Å². The van der Waals surface area contributed by atoms with Crippen LogP contribution in [-0.2, 0) is 9.71 Å². The van der Waals surface area contributed by atoms with Crippen LogP contribution in [0.2, 0.25) is 0 Å². The quantitative estimate of drug-likeness (QED) is 0.380. The van der Waals surface area contributed by atoms with Crippen molar-refractivity contribution in [2.75, 3.05) is 0 Å². The Kier molecular flexibility index (Phi) is 6.16. The summed E-state index contributed by atoms with van der Waals surface area (Å²) in [7, 11) is -3.45. The highest BCUT2D eigenvalue weighted by Crippen LogP contribution is 2.35. The van der Waals surface area contributed by atoms with E-state index < -0.39 is 26.2 Å². The molecule has 36 heavy (non-hydrogen) atoms. The normalized spacial score (nSPS) is 20.1. The maximum absolute atomic E-state index is 14.8. The fourth-order valence-electron chi connectivity index (χ4n) is 4.16. The molecule has 1 aromatic carbocycles. The van der Waals surface area contributed by atoms with Gasteiger partial charge in [-0.2, -0.15) is 14.6 Å². The average Bonchev–Trinajstić information content (AvgIpc) is 3.49. The van der Waals surface area contributed by atoms with Crippen LogP contribution in [0.15, 0.2) is 27.9 Å². The minimum absolute atomic E-state index is 0.120. The third kappa shape index (κ3) is 4.53. The molecule has 3 heterocycles. The van der Waals surface area contributed by atoms with Crippen molar-refractivity contribution in [2.45, 2.75) is 62.4 Å². The van der Waals surface area contributed by atoms with Gasteiger partial charge in [-0.1, -0.05) is 24.2 Å². The topological polar surface area (TPSA) is 148 Å². The second kappa shape index (κ2) is 9.17. The molecule has 1 unspecified atom stereocenters. The predicted molar refractivity (Wildman–Crippen MR) is 126 cm³/mol. The molecule has 0 spiro atoms. The molecule has 1 aliphatic rings. The maximum Gasteiger partial charge on any atom is 0.247 e. The Morgan fingerprint density at radius 2 is 1.94 bits per heavy atom. The smallest absolute Gasteiger partial charge is 0.247 e. The highest BCUT2D eigenvalue weighted by atomic mass is 32.2. The van der Waals surface area contributed by atoms with Gasteiger partial charge in [0.15, 0.2) is 17.0 Å². The fourth-order valence-corrected chi connectivity index (χ4v) is 4.85. The van der Waals surface area contributed by atoms with Crippen molar-refractivity contribution in [1.29, 1.82) is 0 Å². The van der Waals surface area contributed by atoms with Gasteiger partial charge in [-0.05, 0) is 37.6 Å². The third-order valence-electron chi connectivity index (χ3n) is 6.08. The van der Waals surface area contributed by atoms with Gasteiger partial charge in [-0.25, -0.2) is 18.0 Å². The molecule has 5 rings (SSSR count). The molecule has 0 aliphatic heterocycles. The first-order chi connectivity index (χ1) is 17.1. The van der Waals surface area contributed by atoms with E-state index in [0.29, 0.717) is 11.7 Å². The predicted octanol–water partition coefficient (Wildman–Crippen LogP) is 3.05. The molecule has 2 N–H and O–H groups in total. The molecular formula is C22H24F2N8O3S. The number of benzene rings is 1. The molecular weight excluding hydrogens is 494 g/mol. The number of nitrogens with zero attached hydrogens (tertiary/aromatic N) is 7. The number of fused-ring (bicyclic) bond motifs is 1. The zero-order chi connectivity index (χ0) is 25.6. The first-order valence-electron chi connectivity index (χ1n) is 11.3. The van der Waals surface area contributed by atoms with Crippen molar-refractivity contribution in [3.05, 3.63) is 41.8 Å². The summed E-state index contributed by atoms with van der Waals surface area (Å²) in [6.07, 6.45) is 4.17. The Morgan fingerprint density at radius 3 is 2.61 bits per heavy atom. The van der Waals surface area contributed by atoms with E-state index >= 15 is 0 Å². The molecule has 3 aromatic heterocycles. The van der Waals surface area contributed by atoms with E-state index in [9.17, 15) is 13.0 Å². The van der Waals surface area contributed by atoms with Crippen molar-refractivity contribution < 1.29 is 22.2 Å². The minimum atomic E-state index is -3.45. The first-order valence-corrected chi connectivity index (χ1v) is 13.1. The molecule has 1 aliphatic carbocycles. The van der Waals surface area contributed by atoms with E-state index in [2.05, 4.69) is 36.3 Å². The zero-order valence-electron chi connectivity index (χ0n) is 19.6. The van der Waals surface area contributed by atoms with Crippen molar-refractivity contribution in [1.82, 2.24) is 35.1 Å². The molecule has 4 aromatic rings. The van der Waals surface area contributed by atoms with Gasteiger partial charge in [-0.3, -0.25) is 5.14 Å². The van der Waals surface area contributed by atoms with Crippen LogP contribution < -0.4 is 9.88 Å². The molecule has 11 nitrogen and oxygen atoms in total. The summed E-state index contributed by atoms with van der Waals surface area (Å²) < 4.78 is 53.8. The summed E-state index contributed by atoms with van der Waals surface area (Å²) >= 11 is 0. The summed E-state index contributed by atoms with van der Waals surface area (Å²) in [4.78, 5) is 12.3. The number of halogens is 2. The number of aromatic nitrogens is 7. The Hall–Kier alpha value is -3.52. The molecule has 0 radical (unpaired) electrons. The largest absolute Gasteiger partial charge is 0.473 e. The Morgan fingerprint density at radius 1 is 1.19 bits per heavy atom. The van der Waals surface area contributed by atoms with Crippen LogP contribution in [0.5, 0.6) is 5.88 Å². The van der Waals surface area contributed by atoms with E-state index in [1.165, 1.54) is 6.33 Å². The molecule has 0 bridgehead atoms. The SMILES string of the molecule is C=S(N)(=O)c1cc(F)c(-n2nnc3c(OC4CCC(c5nc(C(C)C)no5)CC4)ncnc32)cc1F. The highest BCUT2D eigenvalue weighted by Gasteiger charge is 2.29. The van der Waals surface area contributed by atoms with Gasteiger partial charge in [-0.15, -0.1) is 5.10 Å². The lowest BCUT2D eigenvalue weighted by molar-refractivity contribution is 0.135. The van der Waals surface area contributed by atoms with Crippen LogP contribution in [0.3, 0.4) is 0 Å². The van der Waals surface area contributed by atoms with Gasteiger partial charge < -0.3 is 9.26 Å². The molecule has 1 fully saturated rings. The fraction of sp³-hybridized carbons (Fsp3) is 0.409. The number of hydrogen-bond donors (Lipinski definition) is 1. The Balaban J connectivity index is 1.35. The van der Waals surface area contributed by atoms with Crippen LogP contribution in [-0.4, -0.2) is 51.3 Å². The summed E-state index contributed by atoms with van der Waals surface area (Å²) in [5, 5.41) is 17.4. The summed E-state index contributed by atoms with van der Waals surface area (Å²) in [5.41, 5.74) is 0.0320. The van der Waals surface area contributed by atoms with Crippen LogP contribution in [0, 0.1) is 11.6 Å². The molecule has 0 saturated heterocycles. The summed E-state index contributed by atoms with van der Waals surface area (Å²) in [5.74, 6) is 3.20. The van der Waals surface area contributed by atoms with E-state index in [1.807, 2.05) is 13.8 Å². The first kappa shape index (κ1) is 24.2. The van der Waals surface area contributed by atoms with Gasteiger partial charge >= 0.3 is 0 Å². The molecule has 1 saturated carbocycles. The molecule has 190 valence electrons. The lowest BCUT2D eigenvalue weighted by atomic mass is 9.87. The molecule has 0 amide bonds. The van der Waals surface area contributed by atoms with Gasteiger partial charge in [0, 0.05) is 17.9 Å². The standard InChI is InChI=1S/C22H24F2N8O3S/c1-11(2)19-28-21(35-30-19)12-4-6-13(7-5-12)34-22-18-20(26-10-27-22)32(31-29-18)16-8-15(24)17(9-14(16)23)36(3,25)33/h8-13H,3-7H2,1-2H3,(H2,25,33). The van der Waals surface area contributed by atoms with E-state index in [-0.39, 0.29) is 40.7 Å². The highest BCUT2D eigenvalue weighted by molar-refractivity contribution is 7.98. The minimum Gasteiger partial charge on any atom is -0.473 e. The number of ether oxygens (including phenoxy) is 1. The van der Waals surface area contributed by atoms with Gasteiger partial charge in [0.05, 0.1) is 14.6 Å².